The van der Waals surface area contributed by atoms with E-state index in [1.165, 1.54) is 12.1 Å². The van der Waals surface area contributed by atoms with Crippen LogP contribution in [0.2, 0.25) is 10.3 Å². The van der Waals surface area contributed by atoms with Crippen LogP contribution in [0.4, 0.5) is 0 Å². The van der Waals surface area contributed by atoms with Gasteiger partial charge in [-0.25, -0.2) is 4.98 Å². The summed E-state index contributed by atoms with van der Waals surface area (Å²) in [4.78, 5) is 17.9. The van der Waals surface area contributed by atoms with Crippen LogP contribution in [0.1, 0.15) is 23.2 Å². The Labute approximate surface area is 127 Å². The molecule has 110 valence electrons. The molecule has 1 amide bonds. The summed E-state index contributed by atoms with van der Waals surface area (Å²) < 4.78 is 5.46. The van der Waals surface area contributed by atoms with E-state index in [0.29, 0.717) is 25.3 Å². The Hall–Kier alpha value is -0.880. The van der Waals surface area contributed by atoms with E-state index in [9.17, 15) is 4.79 Å². The van der Waals surface area contributed by atoms with E-state index in [4.69, 9.17) is 33.0 Å². The van der Waals surface area contributed by atoms with E-state index in [1.54, 1.807) is 4.90 Å². The lowest BCUT2D eigenvalue weighted by Gasteiger charge is -2.32. The first-order chi connectivity index (χ1) is 9.60. The molecule has 0 atom stereocenters. The molecule has 1 fully saturated rings. The predicted molar refractivity (Wildman–Crippen MR) is 76.2 cm³/mol. The SMILES string of the molecule is O=C(c1cc(Cl)nc(Cl)c1)N1CCC(OCCO)CC1. The number of piperidine rings is 1. The van der Waals surface area contributed by atoms with E-state index in [-0.39, 0.29) is 28.9 Å². The Kier molecular flexibility index (Phi) is 5.60. The van der Waals surface area contributed by atoms with Crippen molar-refractivity contribution in [1.82, 2.24) is 9.88 Å². The molecule has 0 aliphatic carbocycles. The van der Waals surface area contributed by atoms with Crippen molar-refractivity contribution in [2.24, 2.45) is 0 Å². The number of nitrogens with zero attached hydrogens (tertiary/aromatic N) is 2. The van der Waals surface area contributed by atoms with E-state index >= 15 is 0 Å². The van der Waals surface area contributed by atoms with Crippen LogP contribution in [0.25, 0.3) is 0 Å². The molecule has 0 aromatic carbocycles. The van der Waals surface area contributed by atoms with Gasteiger partial charge in [-0.3, -0.25) is 4.79 Å². The van der Waals surface area contributed by atoms with Crippen molar-refractivity contribution in [1.29, 1.82) is 0 Å². The molecular weight excluding hydrogens is 303 g/mol. The van der Waals surface area contributed by atoms with Crippen molar-refractivity contribution in [3.05, 3.63) is 28.0 Å². The Balaban J connectivity index is 1.94. The van der Waals surface area contributed by atoms with Gasteiger partial charge in [0.05, 0.1) is 19.3 Å². The minimum atomic E-state index is -0.100. The molecule has 1 aromatic rings. The first-order valence-corrected chi connectivity index (χ1v) is 7.20. The molecule has 1 aromatic heterocycles. The zero-order valence-electron chi connectivity index (χ0n) is 10.9. The highest BCUT2D eigenvalue weighted by Crippen LogP contribution is 2.19. The highest BCUT2D eigenvalue weighted by molar-refractivity contribution is 6.33. The molecule has 7 heteroatoms. The number of ether oxygens (including phenoxy) is 1. The summed E-state index contributed by atoms with van der Waals surface area (Å²) in [5.74, 6) is -0.100. The molecule has 0 saturated carbocycles. The Morgan fingerprint density at radius 2 is 1.95 bits per heavy atom. The summed E-state index contributed by atoms with van der Waals surface area (Å²) in [7, 11) is 0. The van der Waals surface area contributed by atoms with Crippen molar-refractivity contribution in [2.75, 3.05) is 26.3 Å². The fourth-order valence-electron chi connectivity index (χ4n) is 2.22. The third-order valence-corrected chi connectivity index (χ3v) is 3.57. The van der Waals surface area contributed by atoms with E-state index < -0.39 is 0 Å². The smallest absolute Gasteiger partial charge is 0.254 e. The first kappa shape index (κ1) is 15.5. The minimum absolute atomic E-state index is 0.0210. The van der Waals surface area contributed by atoms with Crippen molar-refractivity contribution in [3.63, 3.8) is 0 Å². The van der Waals surface area contributed by atoms with Crippen molar-refractivity contribution >= 4 is 29.1 Å². The number of pyridine rings is 1. The molecule has 0 bridgehead atoms. The number of amides is 1. The van der Waals surface area contributed by atoms with Crippen LogP contribution >= 0.6 is 23.2 Å². The fraction of sp³-hybridized carbons (Fsp3) is 0.538. The van der Waals surface area contributed by atoms with Crippen LogP contribution in [-0.4, -0.2) is 53.3 Å². The van der Waals surface area contributed by atoms with Gasteiger partial charge in [-0.15, -0.1) is 0 Å². The summed E-state index contributed by atoms with van der Waals surface area (Å²) >= 11 is 11.6. The van der Waals surface area contributed by atoms with Gasteiger partial charge in [0.25, 0.3) is 5.91 Å². The summed E-state index contributed by atoms with van der Waals surface area (Å²) in [5.41, 5.74) is 0.449. The summed E-state index contributed by atoms with van der Waals surface area (Å²) in [6.45, 7) is 1.60. The van der Waals surface area contributed by atoms with Gasteiger partial charge < -0.3 is 14.7 Å². The zero-order valence-corrected chi connectivity index (χ0v) is 12.4. The van der Waals surface area contributed by atoms with E-state index in [0.717, 1.165) is 12.8 Å². The van der Waals surface area contributed by atoms with Gasteiger partial charge in [0, 0.05) is 18.7 Å². The second-order valence-electron chi connectivity index (χ2n) is 4.59. The van der Waals surface area contributed by atoms with Gasteiger partial charge in [0.15, 0.2) is 0 Å². The fourth-order valence-corrected chi connectivity index (χ4v) is 2.68. The van der Waals surface area contributed by atoms with Crippen molar-refractivity contribution in [3.8, 4) is 0 Å². The number of hydrogen-bond acceptors (Lipinski definition) is 4. The molecular formula is C13H16Cl2N2O3. The highest BCUT2D eigenvalue weighted by Gasteiger charge is 2.24. The maximum Gasteiger partial charge on any atom is 0.254 e. The van der Waals surface area contributed by atoms with Gasteiger partial charge in [-0.1, -0.05) is 23.2 Å². The van der Waals surface area contributed by atoms with Crippen LogP contribution in [0.5, 0.6) is 0 Å². The largest absolute Gasteiger partial charge is 0.394 e. The number of carbonyl (C=O) groups is 1. The molecule has 0 radical (unpaired) electrons. The molecule has 2 heterocycles. The highest BCUT2D eigenvalue weighted by atomic mass is 35.5. The molecule has 5 nitrogen and oxygen atoms in total. The normalized spacial score (nSPS) is 16.4. The van der Waals surface area contributed by atoms with Crippen LogP contribution in [0.3, 0.4) is 0 Å². The molecule has 2 rings (SSSR count). The monoisotopic (exact) mass is 318 g/mol. The molecule has 1 N–H and O–H groups in total. The standard InChI is InChI=1S/C13H16Cl2N2O3/c14-11-7-9(8-12(15)16-11)13(19)17-3-1-10(2-4-17)20-6-5-18/h7-8,10,18H,1-6H2. The Bertz CT molecular complexity index is 456. The van der Waals surface area contributed by atoms with Gasteiger partial charge in [0.1, 0.15) is 10.3 Å². The number of aliphatic hydroxyl groups is 1. The summed E-state index contributed by atoms with van der Waals surface area (Å²) in [6.07, 6.45) is 1.63. The number of aliphatic hydroxyl groups excluding tert-OH is 1. The molecule has 0 spiro atoms. The molecule has 1 aliphatic rings. The second kappa shape index (κ2) is 7.22. The van der Waals surface area contributed by atoms with Gasteiger partial charge in [-0.05, 0) is 25.0 Å². The lowest BCUT2D eigenvalue weighted by Crippen LogP contribution is -2.41. The Morgan fingerprint density at radius 3 is 2.50 bits per heavy atom. The van der Waals surface area contributed by atoms with E-state index in [2.05, 4.69) is 4.98 Å². The van der Waals surface area contributed by atoms with Crippen molar-refractivity contribution < 1.29 is 14.6 Å². The number of aromatic nitrogens is 1. The third kappa shape index (κ3) is 4.06. The molecule has 20 heavy (non-hydrogen) atoms. The number of halogens is 2. The summed E-state index contributed by atoms with van der Waals surface area (Å²) in [5, 5.41) is 9.14. The third-order valence-electron chi connectivity index (χ3n) is 3.18. The number of hydrogen-bond donors (Lipinski definition) is 1. The number of likely N-dealkylation sites (tertiary alicyclic amines) is 1. The number of rotatable bonds is 4. The minimum Gasteiger partial charge on any atom is -0.394 e. The molecule has 0 unspecified atom stereocenters. The van der Waals surface area contributed by atoms with Crippen LogP contribution < -0.4 is 0 Å². The zero-order chi connectivity index (χ0) is 14.5. The van der Waals surface area contributed by atoms with Crippen LogP contribution in [-0.2, 0) is 4.74 Å². The first-order valence-electron chi connectivity index (χ1n) is 6.45. The van der Waals surface area contributed by atoms with Gasteiger partial charge in [0.2, 0.25) is 0 Å². The summed E-state index contributed by atoms with van der Waals surface area (Å²) in [6, 6.07) is 3.04. The predicted octanol–water partition coefficient (Wildman–Crippen LogP) is 2.00. The topological polar surface area (TPSA) is 62.7 Å². The lowest BCUT2D eigenvalue weighted by atomic mass is 10.1. The lowest BCUT2D eigenvalue weighted by molar-refractivity contribution is -0.00554. The molecule has 1 saturated heterocycles. The second-order valence-corrected chi connectivity index (χ2v) is 5.36. The van der Waals surface area contributed by atoms with Gasteiger partial charge >= 0.3 is 0 Å². The van der Waals surface area contributed by atoms with Gasteiger partial charge in [-0.2, -0.15) is 0 Å². The van der Waals surface area contributed by atoms with Crippen LogP contribution in [0, 0.1) is 0 Å². The van der Waals surface area contributed by atoms with Crippen LogP contribution in [0.15, 0.2) is 12.1 Å². The maximum absolute atomic E-state index is 12.3. The molecule has 1 aliphatic heterocycles. The van der Waals surface area contributed by atoms with E-state index in [1.807, 2.05) is 0 Å². The Morgan fingerprint density at radius 1 is 1.35 bits per heavy atom. The average Bonchev–Trinajstić information content (AvgIpc) is 2.44. The number of carbonyl (C=O) groups excluding carboxylic acids is 1. The maximum atomic E-state index is 12.3. The van der Waals surface area contributed by atoms with Crippen molar-refractivity contribution in [2.45, 2.75) is 18.9 Å². The average molecular weight is 319 g/mol. The quantitative estimate of drug-likeness (QED) is 0.862.